The topological polar surface area (TPSA) is 58.9 Å². The van der Waals surface area contributed by atoms with Crippen molar-refractivity contribution in [3.63, 3.8) is 0 Å². The summed E-state index contributed by atoms with van der Waals surface area (Å²) in [5.74, 6) is 1.44. The van der Waals surface area contributed by atoms with Crippen LogP contribution in [0.5, 0.6) is 11.5 Å². The Morgan fingerprint density at radius 1 is 1.24 bits per heavy atom. The van der Waals surface area contributed by atoms with Gasteiger partial charge in [0.2, 0.25) is 0 Å². The number of hydrogen-bond acceptors (Lipinski definition) is 4. The molecule has 1 atom stereocenters. The molecule has 0 aliphatic carbocycles. The van der Waals surface area contributed by atoms with E-state index in [1.807, 2.05) is 19.1 Å². The number of benzene rings is 1. The Bertz CT molecular complexity index is 389. The molecule has 0 saturated carbocycles. The number of aryl methyl sites for hydroxylation is 1. The van der Waals surface area contributed by atoms with Crippen molar-refractivity contribution in [2.45, 2.75) is 25.9 Å². The second-order valence-corrected chi connectivity index (χ2v) is 4.23. The van der Waals surface area contributed by atoms with Gasteiger partial charge in [-0.2, -0.15) is 0 Å². The molecule has 1 heterocycles. The van der Waals surface area contributed by atoms with Crippen molar-refractivity contribution in [3.05, 3.63) is 23.3 Å². The SMILES string of the molecule is Cc1cc2c(cc1C(O)CCCO)OCCO2. The van der Waals surface area contributed by atoms with Crippen LogP contribution < -0.4 is 9.47 Å². The maximum Gasteiger partial charge on any atom is 0.161 e. The minimum Gasteiger partial charge on any atom is -0.486 e. The van der Waals surface area contributed by atoms with Crippen molar-refractivity contribution in [2.24, 2.45) is 0 Å². The molecule has 2 N–H and O–H groups in total. The molecule has 0 fully saturated rings. The van der Waals surface area contributed by atoms with Crippen LogP contribution in [0.1, 0.15) is 30.1 Å². The minimum atomic E-state index is -0.557. The highest BCUT2D eigenvalue weighted by Crippen LogP contribution is 2.35. The molecule has 94 valence electrons. The van der Waals surface area contributed by atoms with Crippen LogP contribution in [0.2, 0.25) is 0 Å². The first-order valence-electron chi connectivity index (χ1n) is 5.91. The maximum absolute atomic E-state index is 10.0. The molecule has 0 bridgehead atoms. The highest BCUT2D eigenvalue weighted by atomic mass is 16.6. The largest absolute Gasteiger partial charge is 0.486 e. The summed E-state index contributed by atoms with van der Waals surface area (Å²) in [6.07, 6.45) is 0.587. The fourth-order valence-corrected chi connectivity index (χ4v) is 2.01. The Labute approximate surface area is 101 Å². The molecule has 1 aliphatic rings. The quantitative estimate of drug-likeness (QED) is 0.836. The van der Waals surface area contributed by atoms with Crippen molar-refractivity contribution in [3.8, 4) is 11.5 Å². The zero-order valence-electron chi connectivity index (χ0n) is 9.98. The molecule has 0 saturated heterocycles. The molecule has 1 unspecified atom stereocenters. The van der Waals surface area contributed by atoms with Gasteiger partial charge in [-0.25, -0.2) is 0 Å². The predicted octanol–water partition coefficient (Wildman–Crippen LogP) is 1.57. The Balaban J connectivity index is 2.22. The zero-order chi connectivity index (χ0) is 12.3. The minimum absolute atomic E-state index is 0.0979. The van der Waals surface area contributed by atoms with E-state index in [9.17, 15) is 5.11 Å². The molecule has 0 amide bonds. The number of aliphatic hydroxyl groups excluding tert-OH is 2. The monoisotopic (exact) mass is 238 g/mol. The number of aliphatic hydroxyl groups is 2. The molecule has 1 aliphatic heterocycles. The van der Waals surface area contributed by atoms with Crippen molar-refractivity contribution in [1.82, 2.24) is 0 Å². The Hall–Kier alpha value is -1.26. The van der Waals surface area contributed by atoms with Gasteiger partial charge in [0.25, 0.3) is 0 Å². The van der Waals surface area contributed by atoms with Gasteiger partial charge in [0.05, 0.1) is 6.10 Å². The third-order valence-electron chi connectivity index (χ3n) is 2.93. The van der Waals surface area contributed by atoms with Gasteiger partial charge < -0.3 is 19.7 Å². The van der Waals surface area contributed by atoms with Gasteiger partial charge in [-0.05, 0) is 43.0 Å². The summed E-state index contributed by atoms with van der Waals surface area (Å²) in [6, 6.07) is 3.73. The van der Waals surface area contributed by atoms with Gasteiger partial charge in [0.1, 0.15) is 13.2 Å². The molecule has 0 spiro atoms. The number of rotatable bonds is 4. The van der Waals surface area contributed by atoms with E-state index in [-0.39, 0.29) is 6.61 Å². The summed E-state index contributed by atoms with van der Waals surface area (Å²) < 4.78 is 11.0. The van der Waals surface area contributed by atoms with Gasteiger partial charge in [0.15, 0.2) is 11.5 Å². The first kappa shape index (κ1) is 12.2. The summed E-state index contributed by atoms with van der Waals surface area (Å²) in [5, 5.41) is 18.8. The molecular formula is C13H18O4. The Morgan fingerprint density at radius 2 is 1.88 bits per heavy atom. The zero-order valence-corrected chi connectivity index (χ0v) is 9.98. The molecule has 4 nitrogen and oxygen atoms in total. The second-order valence-electron chi connectivity index (χ2n) is 4.23. The molecule has 1 aromatic carbocycles. The smallest absolute Gasteiger partial charge is 0.161 e. The highest BCUT2D eigenvalue weighted by molar-refractivity contribution is 5.48. The van der Waals surface area contributed by atoms with Crippen LogP contribution in [0.15, 0.2) is 12.1 Å². The highest BCUT2D eigenvalue weighted by Gasteiger charge is 2.17. The van der Waals surface area contributed by atoms with Crippen LogP contribution in [-0.4, -0.2) is 30.0 Å². The predicted molar refractivity (Wildman–Crippen MR) is 63.4 cm³/mol. The molecule has 1 aromatic rings. The van der Waals surface area contributed by atoms with E-state index >= 15 is 0 Å². The van der Waals surface area contributed by atoms with Gasteiger partial charge in [-0.15, -0.1) is 0 Å². The summed E-state index contributed by atoms with van der Waals surface area (Å²) in [4.78, 5) is 0. The van der Waals surface area contributed by atoms with Gasteiger partial charge >= 0.3 is 0 Å². The van der Waals surface area contributed by atoms with Crippen molar-refractivity contribution in [1.29, 1.82) is 0 Å². The van der Waals surface area contributed by atoms with Crippen molar-refractivity contribution in [2.75, 3.05) is 19.8 Å². The second kappa shape index (κ2) is 5.38. The third kappa shape index (κ3) is 2.70. The van der Waals surface area contributed by atoms with Crippen LogP contribution in [0.3, 0.4) is 0 Å². The number of ether oxygens (including phenoxy) is 2. The van der Waals surface area contributed by atoms with Crippen LogP contribution >= 0.6 is 0 Å². The first-order valence-corrected chi connectivity index (χ1v) is 5.91. The van der Waals surface area contributed by atoms with E-state index in [2.05, 4.69) is 0 Å². The van der Waals surface area contributed by atoms with Gasteiger partial charge in [-0.3, -0.25) is 0 Å². The molecule has 17 heavy (non-hydrogen) atoms. The first-order chi connectivity index (χ1) is 8.22. The van der Waals surface area contributed by atoms with E-state index in [1.54, 1.807) is 0 Å². The van der Waals surface area contributed by atoms with E-state index in [0.29, 0.717) is 31.8 Å². The van der Waals surface area contributed by atoms with Gasteiger partial charge in [0, 0.05) is 6.61 Å². The van der Waals surface area contributed by atoms with E-state index < -0.39 is 6.10 Å². The molecule has 4 heteroatoms. The standard InChI is InChI=1S/C13H18O4/c1-9-7-12-13(17-6-5-16-12)8-10(9)11(15)3-2-4-14/h7-8,11,14-15H,2-6H2,1H3. The molecule has 0 radical (unpaired) electrons. The fraction of sp³-hybridized carbons (Fsp3) is 0.538. The fourth-order valence-electron chi connectivity index (χ4n) is 2.01. The summed E-state index contributed by atoms with van der Waals surface area (Å²) in [7, 11) is 0. The summed E-state index contributed by atoms with van der Waals surface area (Å²) in [6.45, 7) is 3.15. The lowest BCUT2D eigenvalue weighted by atomic mass is 9.99. The van der Waals surface area contributed by atoms with E-state index in [0.717, 1.165) is 16.9 Å². The molecule has 2 rings (SSSR count). The Kier molecular flexibility index (Phi) is 3.86. The average Bonchev–Trinajstić information content (AvgIpc) is 2.35. The number of fused-ring (bicyclic) bond motifs is 1. The molecular weight excluding hydrogens is 220 g/mol. The van der Waals surface area contributed by atoms with Crippen LogP contribution in [0.25, 0.3) is 0 Å². The normalized spacial score (nSPS) is 15.7. The van der Waals surface area contributed by atoms with E-state index in [4.69, 9.17) is 14.6 Å². The Morgan fingerprint density at radius 3 is 2.53 bits per heavy atom. The summed E-state index contributed by atoms with van der Waals surface area (Å²) >= 11 is 0. The van der Waals surface area contributed by atoms with Crippen LogP contribution in [0, 0.1) is 6.92 Å². The third-order valence-corrected chi connectivity index (χ3v) is 2.93. The lowest BCUT2D eigenvalue weighted by Gasteiger charge is -2.22. The number of hydrogen-bond donors (Lipinski definition) is 2. The average molecular weight is 238 g/mol. The van der Waals surface area contributed by atoms with Crippen LogP contribution in [0.4, 0.5) is 0 Å². The van der Waals surface area contributed by atoms with Crippen molar-refractivity contribution >= 4 is 0 Å². The lowest BCUT2D eigenvalue weighted by Crippen LogP contribution is -2.16. The van der Waals surface area contributed by atoms with Crippen molar-refractivity contribution < 1.29 is 19.7 Å². The molecule has 0 aromatic heterocycles. The summed E-state index contributed by atoms with van der Waals surface area (Å²) in [5.41, 5.74) is 1.84. The lowest BCUT2D eigenvalue weighted by molar-refractivity contribution is 0.147. The van der Waals surface area contributed by atoms with Crippen LogP contribution in [-0.2, 0) is 0 Å². The maximum atomic E-state index is 10.0. The van der Waals surface area contributed by atoms with Gasteiger partial charge in [-0.1, -0.05) is 0 Å². The van der Waals surface area contributed by atoms with E-state index in [1.165, 1.54) is 0 Å².